The standard InChI is InChI=1S/C10H13O7P.3Na/c11-10(12)9(17-18(13,14)15)7-16-6-8-4-2-1-3-5-8;;;/h1-5,9H,6-7H2,(H,11,12)(H2,13,14,15);;;/q;3*+1/p-3/t9-;;;/m1.../s1. The topological polar surface area (TPSA) is 122 Å². The Morgan fingerprint density at radius 1 is 1.14 bits per heavy atom. The van der Waals surface area contributed by atoms with Crippen LogP contribution >= 0.6 is 7.82 Å². The second-order valence-corrected chi connectivity index (χ2v) is 4.47. The number of phosphoric ester groups is 1. The van der Waals surface area contributed by atoms with E-state index in [-0.39, 0.29) is 95.3 Å². The second kappa shape index (κ2) is 14.1. The van der Waals surface area contributed by atoms with E-state index in [0.717, 1.165) is 5.56 Å². The van der Waals surface area contributed by atoms with Gasteiger partial charge in [0, 0.05) is 0 Å². The number of hydrogen-bond donors (Lipinski definition) is 0. The van der Waals surface area contributed by atoms with E-state index in [9.17, 15) is 24.3 Å². The molecule has 21 heavy (non-hydrogen) atoms. The molecule has 11 heteroatoms. The van der Waals surface area contributed by atoms with Crippen LogP contribution in [0.3, 0.4) is 0 Å². The molecule has 0 amide bonds. The van der Waals surface area contributed by atoms with Crippen molar-refractivity contribution in [2.75, 3.05) is 6.61 Å². The molecule has 1 aromatic carbocycles. The van der Waals surface area contributed by atoms with E-state index in [1.165, 1.54) is 0 Å². The maximum atomic E-state index is 10.5. The predicted molar refractivity (Wildman–Crippen MR) is 53.6 cm³/mol. The Bertz CT molecular complexity index is 440. The molecule has 0 aliphatic heterocycles. The Morgan fingerprint density at radius 2 is 1.67 bits per heavy atom. The summed E-state index contributed by atoms with van der Waals surface area (Å²) in [6.07, 6.45) is -1.94. The minimum atomic E-state index is -5.39. The van der Waals surface area contributed by atoms with Crippen molar-refractivity contribution in [1.29, 1.82) is 0 Å². The Labute approximate surface area is 188 Å². The molecule has 0 bridgehead atoms. The summed E-state index contributed by atoms with van der Waals surface area (Å²) in [5.41, 5.74) is 0.766. The molecule has 1 rings (SSSR count). The Kier molecular flexibility index (Phi) is 18.6. The first kappa shape index (κ1) is 27.6. The van der Waals surface area contributed by atoms with Crippen LogP contribution in [0.5, 0.6) is 0 Å². The fraction of sp³-hybridized carbons (Fsp3) is 0.300. The van der Waals surface area contributed by atoms with Crippen molar-refractivity contribution in [3.05, 3.63) is 35.9 Å². The summed E-state index contributed by atoms with van der Waals surface area (Å²) in [6.45, 7) is -0.526. The van der Waals surface area contributed by atoms with Crippen molar-refractivity contribution in [3.8, 4) is 0 Å². The summed E-state index contributed by atoms with van der Waals surface area (Å²) in [4.78, 5) is 31.1. The summed E-state index contributed by atoms with van der Waals surface area (Å²) < 4.78 is 19.0. The van der Waals surface area contributed by atoms with Gasteiger partial charge in [-0.25, -0.2) is 0 Å². The summed E-state index contributed by atoms with van der Waals surface area (Å²) in [7, 11) is -5.39. The molecule has 0 heterocycles. The summed E-state index contributed by atoms with van der Waals surface area (Å²) in [5.74, 6) is -1.82. The zero-order valence-corrected chi connectivity index (χ0v) is 19.1. The number of aliphatic carboxylic acids is 1. The molecule has 1 atom stereocenters. The van der Waals surface area contributed by atoms with E-state index >= 15 is 0 Å². The molecule has 0 unspecified atom stereocenters. The third kappa shape index (κ3) is 13.9. The maximum Gasteiger partial charge on any atom is 1.00 e. The number of ether oxygens (including phenoxy) is 1. The molecule has 0 radical (unpaired) electrons. The minimum Gasteiger partial charge on any atom is -0.790 e. The van der Waals surface area contributed by atoms with E-state index in [0.29, 0.717) is 0 Å². The molecular weight excluding hydrogens is 332 g/mol. The van der Waals surface area contributed by atoms with Gasteiger partial charge < -0.3 is 33.5 Å². The van der Waals surface area contributed by atoms with Crippen LogP contribution in [-0.2, 0) is 25.2 Å². The fourth-order valence-electron chi connectivity index (χ4n) is 1.16. The maximum absolute atomic E-state index is 10.5. The van der Waals surface area contributed by atoms with E-state index in [1.807, 2.05) is 0 Å². The van der Waals surface area contributed by atoms with Gasteiger partial charge in [0.25, 0.3) is 0 Å². The zero-order chi connectivity index (χ0) is 13.6. The summed E-state index contributed by atoms with van der Waals surface area (Å²) in [5, 5.41) is 10.5. The van der Waals surface area contributed by atoms with Crippen LogP contribution in [0.4, 0.5) is 0 Å². The van der Waals surface area contributed by atoms with Crippen molar-refractivity contribution in [2.24, 2.45) is 0 Å². The van der Waals surface area contributed by atoms with Crippen molar-refractivity contribution < 1.29 is 122 Å². The van der Waals surface area contributed by atoms with E-state index in [1.54, 1.807) is 30.3 Å². The smallest absolute Gasteiger partial charge is 0.790 e. The molecule has 0 N–H and O–H groups in total. The Balaban J connectivity index is -0.00000108. The monoisotopic (exact) mass is 342 g/mol. The number of carboxylic acids is 1. The molecule has 0 saturated carbocycles. The predicted octanol–water partition coefficient (Wildman–Crippen LogP) is -10.8. The second-order valence-electron chi connectivity index (χ2n) is 3.36. The number of rotatable bonds is 7. The van der Waals surface area contributed by atoms with Crippen molar-refractivity contribution in [2.45, 2.75) is 12.7 Å². The molecular formula is C10H10Na3O7P. The zero-order valence-electron chi connectivity index (χ0n) is 12.2. The normalized spacial score (nSPS) is 11.3. The number of carboxylic acid groups (broad SMARTS) is 1. The van der Waals surface area contributed by atoms with Crippen LogP contribution in [0.1, 0.15) is 5.56 Å². The average Bonchev–Trinajstić information content (AvgIpc) is 2.27. The molecule has 0 fully saturated rings. The van der Waals surface area contributed by atoms with Gasteiger partial charge in [0.2, 0.25) is 0 Å². The molecule has 7 nitrogen and oxygen atoms in total. The van der Waals surface area contributed by atoms with Gasteiger partial charge in [-0.3, -0.25) is 0 Å². The van der Waals surface area contributed by atoms with Crippen molar-refractivity contribution in [1.82, 2.24) is 0 Å². The van der Waals surface area contributed by atoms with Gasteiger partial charge in [-0.1, -0.05) is 30.3 Å². The number of carbonyl (C=O) groups is 1. The van der Waals surface area contributed by atoms with Crippen molar-refractivity contribution in [3.63, 3.8) is 0 Å². The Morgan fingerprint density at radius 3 is 2.10 bits per heavy atom. The molecule has 1 aromatic rings. The van der Waals surface area contributed by atoms with Crippen LogP contribution in [0.15, 0.2) is 30.3 Å². The third-order valence-corrected chi connectivity index (χ3v) is 2.41. The average molecular weight is 342 g/mol. The van der Waals surface area contributed by atoms with Gasteiger partial charge in [-0.2, -0.15) is 0 Å². The van der Waals surface area contributed by atoms with Gasteiger partial charge >= 0.3 is 88.7 Å². The van der Waals surface area contributed by atoms with Gasteiger partial charge in [0.15, 0.2) is 0 Å². The van der Waals surface area contributed by atoms with Crippen LogP contribution in [0.2, 0.25) is 0 Å². The van der Waals surface area contributed by atoms with Crippen LogP contribution in [0, 0.1) is 0 Å². The first-order valence-electron chi connectivity index (χ1n) is 4.91. The minimum absolute atomic E-state index is 0. The Hall–Kier alpha value is 1.76. The van der Waals surface area contributed by atoms with Gasteiger partial charge in [-0.05, 0) is 5.56 Å². The first-order chi connectivity index (χ1) is 8.38. The van der Waals surface area contributed by atoms with Gasteiger partial charge in [0.05, 0.1) is 27.0 Å². The van der Waals surface area contributed by atoms with E-state index < -0.39 is 26.5 Å². The quantitative estimate of drug-likeness (QED) is 0.356. The van der Waals surface area contributed by atoms with Gasteiger partial charge in [-0.15, -0.1) is 0 Å². The fourth-order valence-corrected chi connectivity index (χ4v) is 1.61. The number of hydrogen-bond acceptors (Lipinski definition) is 7. The summed E-state index contributed by atoms with van der Waals surface area (Å²) >= 11 is 0. The molecule has 0 aliphatic carbocycles. The first-order valence-corrected chi connectivity index (χ1v) is 6.37. The SMILES string of the molecule is O=C([O-])[C@@H](COCc1ccccc1)OP(=O)([O-])[O-].[Na+].[Na+].[Na+]. The van der Waals surface area contributed by atoms with E-state index in [2.05, 4.69) is 4.52 Å². The largest absolute Gasteiger partial charge is 1.00 e. The number of carbonyl (C=O) groups excluding carboxylic acids is 1. The molecule has 0 spiro atoms. The van der Waals surface area contributed by atoms with Gasteiger partial charge in [0.1, 0.15) is 6.10 Å². The molecule has 0 saturated heterocycles. The molecule has 100 valence electrons. The molecule has 0 aromatic heterocycles. The summed E-state index contributed by atoms with van der Waals surface area (Å²) in [6, 6.07) is 8.79. The van der Waals surface area contributed by atoms with Crippen LogP contribution in [0.25, 0.3) is 0 Å². The van der Waals surface area contributed by atoms with Crippen LogP contribution < -0.4 is 104 Å². The van der Waals surface area contributed by atoms with Crippen LogP contribution in [-0.4, -0.2) is 18.7 Å². The van der Waals surface area contributed by atoms with E-state index in [4.69, 9.17) is 4.74 Å². The number of benzene rings is 1. The molecule has 0 aliphatic rings. The third-order valence-electron chi connectivity index (χ3n) is 1.90. The number of phosphoric acid groups is 1. The van der Waals surface area contributed by atoms with Crippen molar-refractivity contribution >= 4 is 13.8 Å².